The Kier molecular flexibility index (Phi) is 4.17. The summed E-state index contributed by atoms with van der Waals surface area (Å²) < 4.78 is 2.01. The van der Waals surface area contributed by atoms with Gasteiger partial charge in [-0.05, 0) is 39.2 Å². The van der Waals surface area contributed by atoms with Crippen LogP contribution in [0.5, 0.6) is 0 Å². The van der Waals surface area contributed by atoms with Gasteiger partial charge in [-0.3, -0.25) is 14.7 Å². The molecule has 0 saturated carbocycles. The fraction of sp³-hybridized carbons (Fsp3) is 0.471. The molecular formula is C17H23N5O2. The first kappa shape index (κ1) is 16.3. The summed E-state index contributed by atoms with van der Waals surface area (Å²) in [5.41, 5.74) is 9.14. The summed E-state index contributed by atoms with van der Waals surface area (Å²) in [6.45, 7) is 4.59. The van der Waals surface area contributed by atoms with E-state index in [1.807, 2.05) is 36.4 Å². The number of rotatable bonds is 3. The van der Waals surface area contributed by atoms with E-state index in [0.717, 1.165) is 30.7 Å². The molecule has 1 unspecified atom stereocenters. The van der Waals surface area contributed by atoms with Gasteiger partial charge in [-0.2, -0.15) is 5.10 Å². The van der Waals surface area contributed by atoms with E-state index in [1.165, 1.54) is 6.20 Å². The number of carbonyl (C=O) groups excluding carboxylic acids is 2. The van der Waals surface area contributed by atoms with Crippen LogP contribution in [0.25, 0.3) is 0 Å². The molecule has 1 atom stereocenters. The van der Waals surface area contributed by atoms with Crippen molar-refractivity contribution in [2.75, 3.05) is 6.54 Å². The van der Waals surface area contributed by atoms with Crippen molar-refractivity contribution in [1.82, 2.24) is 19.7 Å². The van der Waals surface area contributed by atoms with Crippen molar-refractivity contribution in [3.8, 4) is 0 Å². The van der Waals surface area contributed by atoms with Crippen LogP contribution in [0.15, 0.2) is 12.3 Å². The number of hydrogen-bond acceptors (Lipinski definition) is 3. The normalized spacial score (nSPS) is 18.0. The van der Waals surface area contributed by atoms with E-state index in [2.05, 4.69) is 10.2 Å². The molecule has 0 bridgehead atoms. The minimum Gasteiger partial charge on any atom is -0.365 e. The van der Waals surface area contributed by atoms with Gasteiger partial charge in [0.2, 0.25) is 0 Å². The van der Waals surface area contributed by atoms with Gasteiger partial charge < -0.3 is 15.2 Å². The molecule has 3 heterocycles. The van der Waals surface area contributed by atoms with Crippen LogP contribution in [-0.2, 0) is 7.05 Å². The molecule has 3 N–H and O–H groups in total. The number of carbonyl (C=O) groups is 2. The lowest BCUT2D eigenvalue weighted by Gasteiger charge is -2.35. The van der Waals surface area contributed by atoms with Crippen LogP contribution >= 0.6 is 0 Å². The van der Waals surface area contributed by atoms with Crippen molar-refractivity contribution in [2.45, 2.75) is 39.2 Å². The molecule has 2 amide bonds. The van der Waals surface area contributed by atoms with Crippen LogP contribution in [-0.4, -0.2) is 38.0 Å². The Bertz CT molecular complexity index is 789. The average Bonchev–Trinajstić information content (AvgIpc) is 3.15. The molecule has 0 spiro atoms. The predicted octanol–water partition coefficient (Wildman–Crippen LogP) is 1.83. The maximum atomic E-state index is 13.1. The van der Waals surface area contributed by atoms with E-state index in [4.69, 9.17) is 5.73 Å². The van der Waals surface area contributed by atoms with Gasteiger partial charge in [-0.25, -0.2) is 0 Å². The van der Waals surface area contributed by atoms with Gasteiger partial charge in [0.1, 0.15) is 0 Å². The van der Waals surface area contributed by atoms with Crippen molar-refractivity contribution in [1.29, 1.82) is 0 Å². The van der Waals surface area contributed by atoms with Crippen LogP contribution in [0.2, 0.25) is 0 Å². The second kappa shape index (κ2) is 6.14. The van der Waals surface area contributed by atoms with Crippen LogP contribution in [0.1, 0.15) is 63.1 Å². The minimum atomic E-state index is -0.525. The lowest BCUT2D eigenvalue weighted by Crippen LogP contribution is -2.39. The number of amides is 2. The molecule has 0 aliphatic carbocycles. The molecule has 2 aromatic rings. The maximum absolute atomic E-state index is 13.1. The highest BCUT2D eigenvalue weighted by Crippen LogP contribution is 2.33. The zero-order valence-corrected chi connectivity index (χ0v) is 14.3. The van der Waals surface area contributed by atoms with Crippen molar-refractivity contribution >= 4 is 11.8 Å². The van der Waals surface area contributed by atoms with Crippen molar-refractivity contribution in [2.24, 2.45) is 12.8 Å². The smallest absolute Gasteiger partial charge is 0.256 e. The van der Waals surface area contributed by atoms with Gasteiger partial charge in [-0.15, -0.1) is 0 Å². The molecule has 7 nitrogen and oxygen atoms in total. The monoisotopic (exact) mass is 329 g/mol. The third-order valence-corrected chi connectivity index (χ3v) is 5.04. The van der Waals surface area contributed by atoms with E-state index >= 15 is 0 Å². The number of hydrogen-bond donors (Lipinski definition) is 2. The molecule has 1 aliphatic rings. The summed E-state index contributed by atoms with van der Waals surface area (Å²) in [6, 6.07) is 1.72. The second-order valence-corrected chi connectivity index (χ2v) is 6.42. The van der Waals surface area contributed by atoms with Crippen LogP contribution in [0.4, 0.5) is 0 Å². The minimum absolute atomic E-state index is 0.00841. The Labute approximate surface area is 140 Å². The molecule has 1 aliphatic heterocycles. The number of nitrogens with two attached hydrogens (primary N) is 1. The van der Waals surface area contributed by atoms with Crippen molar-refractivity contribution < 1.29 is 9.59 Å². The highest BCUT2D eigenvalue weighted by molar-refractivity contribution is 5.97. The highest BCUT2D eigenvalue weighted by atomic mass is 16.2. The first-order chi connectivity index (χ1) is 11.4. The topological polar surface area (TPSA) is 97.0 Å². The number of primary amides is 1. The lowest BCUT2D eigenvalue weighted by atomic mass is 9.96. The number of piperidine rings is 1. The van der Waals surface area contributed by atoms with Crippen LogP contribution < -0.4 is 5.73 Å². The fourth-order valence-electron chi connectivity index (χ4n) is 3.45. The predicted molar refractivity (Wildman–Crippen MR) is 89.6 cm³/mol. The van der Waals surface area contributed by atoms with E-state index in [1.54, 1.807) is 0 Å². The largest absolute Gasteiger partial charge is 0.365 e. The van der Waals surface area contributed by atoms with Crippen LogP contribution in [0.3, 0.4) is 0 Å². The molecule has 2 aromatic heterocycles. The molecule has 1 fully saturated rings. The van der Waals surface area contributed by atoms with Gasteiger partial charge in [0.15, 0.2) is 0 Å². The highest BCUT2D eigenvalue weighted by Gasteiger charge is 2.33. The third kappa shape index (κ3) is 2.60. The molecule has 0 radical (unpaired) electrons. The standard InChI is InChI=1S/C17H23N5O2/c1-10-8-12(11(2)21(10)3)17(24)22-7-5-4-6-14(22)15-13(16(18)23)9-19-20-15/h8-9,14H,4-7H2,1-3H3,(H2,18,23)(H,19,20). The number of nitrogens with one attached hydrogen (secondary N) is 1. The Balaban J connectivity index is 1.98. The van der Waals surface area contributed by atoms with Gasteiger partial charge in [-0.1, -0.05) is 0 Å². The molecule has 128 valence electrons. The van der Waals surface area contributed by atoms with Crippen LogP contribution in [0, 0.1) is 13.8 Å². The molecule has 24 heavy (non-hydrogen) atoms. The zero-order valence-electron chi connectivity index (χ0n) is 14.3. The van der Waals surface area contributed by atoms with Gasteiger partial charge in [0.25, 0.3) is 11.8 Å². The maximum Gasteiger partial charge on any atom is 0.256 e. The molecule has 3 rings (SSSR count). The molecule has 0 aromatic carbocycles. The quantitative estimate of drug-likeness (QED) is 0.899. The van der Waals surface area contributed by atoms with Crippen molar-refractivity contribution in [3.63, 3.8) is 0 Å². The first-order valence-corrected chi connectivity index (χ1v) is 8.18. The third-order valence-electron chi connectivity index (χ3n) is 5.04. The van der Waals surface area contributed by atoms with Crippen molar-refractivity contribution in [3.05, 3.63) is 40.5 Å². The Morgan fingerprint density at radius 2 is 2.04 bits per heavy atom. The number of H-pyrrole nitrogens is 1. The summed E-state index contributed by atoms with van der Waals surface area (Å²) in [4.78, 5) is 26.6. The molecule has 7 heteroatoms. The number of aromatic nitrogens is 3. The number of aryl methyl sites for hydroxylation is 1. The SMILES string of the molecule is Cc1cc(C(=O)N2CCCCC2c2[nH]ncc2C(N)=O)c(C)n1C. The van der Waals surface area contributed by atoms with Gasteiger partial charge >= 0.3 is 0 Å². The zero-order chi connectivity index (χ0) is 17.4. The second-order valence-electron chi connectivity index (χ2n) is 6.42. The van der Waals surface area contributed by atoms with E-state index in [-0.39, 0.29) is 11.9 Å². The summed E-state index contributed by atoms with van der Waals surface area (Å²) >= 11 is 0. The van der Waals surface area contributed by atoms with E-state index < -0.39 is 5.91 Å². The molecular weight excluding hydrogens is 306 g/mol. The summed E-state index contributed by atoms with van der Waals surface area (Å²) in [5.74, 6) is -0.533. The Morgan fingerprint density at radius 1 is 1.29 bits per heavy atom. The van der Waals surface area contributed by atoms with Gasteiger partial charge in [0, 0.05) is 25.0 Å². The Morgan fingerprint density at radius 3 is 2.67 bits per heavy atom. The van der Waals surface area contributed by atoms with E-state index in [0.29, 0.717) is 23.4 Å². The lowest BCUT2D eigenvalue weighted by molar-refractivity contribution is 0.0602. The molecule has 1 saturated heterocycles. The summed E-state index contributed by atoms with van der Waals surface area (Å²) in [6.07, 6.45) is 4.18. The summed E-state index contributed by atoms with van der Waals surface area (Å²) in [7, 11) is 1.95. The number of nitrogens with zero attached hydrogens (tertiary/aromatic N) is 3. The van der Waals surface area contributed by atoms with Gasteiger partial charge in [0.05, 0.1) is 29.1 Å². The average molecular weight is 329 g/mol. The number of aromatic amines is 1. The first-order valence-electron chi connectivity index (χ1n) is 8.18. The summed E-state index contributed by atoms with van der Waals surface area (Å²) in [5, 5.41) is 6.83. The Hall–Kier alpha value is -2.57. The van der Waals surface area contributed by atoms with E-state index in [9.17, 15) is 9.59 Å². The fourth-order valence-corrected chi connectivity index (χ4v) is 3.45. The number of likely N-dealkylation sites (tertiary alicyclic amines) is 1.